The van der Waals surface area contributed by atoms with Gasteiger partial charge in [-0.15, -0.1) is 0 Å². The van der Waals surface area contributed by atoms with Gasteiger partial charge in [-0.25, -0.2) is 0 Å². The van der Waals surface area contributed by atoms with Crippen molar-refractivity contribution >= 4 is 11.9 Å². The van der Waals surface area contributed by atoms with E-state index in [9.17, 15) is 9.59 Å². The lowest BCUT2D eigenvalue weighted by atomic mass is 10.1. The van der Waals surface area contributed by atoms with Gasteiger partial charge in [0.25, 0.3) is 0 Å². The third kappa shape index (κ3) is 6.94. The van der Waals surface area contributed by atoms with E-state index in [1.54, 1.807) is 0 Å². The van der Waals surface area contributed by atoms with Crippen LogP contribution in [0.25, 0.3) is 0 Å². The number of aliphatic carboxylic acids is 1. The number of carbonyl (C=O) groups is 2. The van der Waals surface area contributed by atoms with Gasteiger partial charge in [-0.3, -0.25) is 9.59 Å². The number of amides is 1. The number of hydrogen-bond acceptors (Lipinski definition) is 3. The lowest BCUT2D eigenvalue weighted by Crippen LogP contribution is -2.33. The molecule has 17 heavy (non-hydrogen) atoms. The Labute approximate surface area is 102 Å². The number of nitrogens with one attached hydrogen (secondary N) is 1. The van der Waals surface area contributed by atoms with Crippen LogP contribution in [0.4, 0.5) is 0 Å². The van der Waals surface area contributed by atoms with Crippen LogP contribution in [-0.2, 0) is 9.59 Å². The van der Waals surface area contributed by atoms with Crippen LogP contribution in [0.15, 0.2) is 0 Å². The number of carboxylic acid groups (broad SMARTS) is 1. The van der Waals surface area contributed by atoms with E-state index in [-0.39, 0.29) is 18.4 Å². The van der Waals surface area contributed by atoms with Gasteiger partial charge < -0.3 is 16.2 Å². The summed E-state index contributed by atoms with van der Waals surface area (Å²) in [6.07, 6.45) is 5.28. The molecule has 1 saturated carbocycles. The molecule has 4 N–H and O–H groups in total. The molecule has 0 radical (unpaired) electrons. The number of nitrogens with two attached hydrogens (primary N) is 1. The molecule has 1 fully saturated rings. The molecule has 0 aromatic heterocycles. The van der Waals surface area contributed by atoms with Crippen molar-refractivity contribution in [3.63, 3.8) is 0 Å². The zero-order valence-corrected chi connectivity index (χ0v) is 10.2. The first-order valence-electron chi connectivity index (χ1n) is 6.33. The van der Waals surface area contributed by atoms with Gasteiger partial charge in [-0.2, -0.15) is 0 Å². The molecule has 5 nitrogen and oxygen atoms in total. The summed E-state index contributed by atoms with van der Waals surface area (Å²) < 4.78 is 0. The smallest absolute Gasteiger partial charge is 0.303 e. The van der Waals surface area contributed by atoms with Crippen molar-refractivity contribution in [1.82, 2.24) is 5.32 Å². The molecule has 1 atom stereocenters. The first-order chi connectivity index (χ1) is 8.09. The van der Waals surface area contributed by atoms with Crippen molar-refractivity contribution in [2.45, 2.75) is 51.0 Å². The molecule has 0 aromatic carbocycles. The maximum absolute atomic E-state index is 11.4. The fraction of sp³-hybridized carbons (Fsp3) is 0.833. The number of carbonyl (C=O) groups excluding carboxylic acids is 1. The zero-order chi connectivity index (χ0) is 12.7. The van der Waals surface area contributed by atoms with Crippen LogP contribution in [-0.4, -0.2) is 29.6 Å². The van der Waals surface area contributed by atoms with E-state index < -0.39 is 5.97 Å². The molecule has 1 aliphatic rings. The molecular formula is C12H22N2O3. The predicted molar refractivity (Wildman–Crippen MR) is 64.4 cm³/mol. The lowest BCUT2D eigenvalue weighted by Gasteiger charge is -2.10. The maximum atomic E-state index is 11.4. The van der Waals surface area contributed by atoms with E-state index in [4.69, 9.17) is 10.8 Å². The van der Waals surface area contributed by atoms with Crippen molar-refractivity contribution in [2.75, 3.05) is 6.54 Å². The van der Waals surface area contributed by atoms with Crippen LogP contribution in [0, 0.1) is 5.92 Å². The summed E-state index contributed by atoms with van der Waals surface area (Å²) in [5, 5.41) is 11.2. The molecule has 1 aliphatic carbocycles. The molecule has 98 valence electrons. The highest BCUT2D eigenvalue weighted by Gasteiger charge is 2.29. The van der Waals surface area contributed by atoms with Crippen molar-refractivity contribution in [3.05, 3.63) is 0 Å². The van der Waals surface area contributed by atoms with Gasteiger partial charge in [0.15, 0.2) is 0 Å². The zero-order valence-electron chi connectivity index (χ0n) is 10.2. The Morgan fingerprint density at radius 2 is 2.00 bits per heavy atom. The van der Waals surface area contributed by atoms with Gasteiger partial charge in [0.1, 0.15) is 0 Å². The second-order valence-electron chi connectivity index (χ2n) is 4.76. The van der Waals surface area contributed by atoms with Crippen LogP contribution in [0.2, 0.25) is 0 Å². The van der Waals surface area contributed by atoms with Gasteiger partial charge >= 0.3 is 5.97 Å². The predicted octanol–water partition coefficient (Wildman–Crippen LogP) is 0.875. The molecule has 5 heteroatoms. The summed E-state index contributed by atoms with van der Waals surface area (Å²) in [5.74, 6) is -0.191. The summed E-state index contributed by atoms with van der Waals surface area (Å²) in [6, 6.07) is 0.0158. The monoisotopic (exact) mass is 242 g/mol. The van der Waals surface area contributed by atoms with Crippen LogP contribution >= 0.6 is 0 Å². The number of hydrogen-bond donors (Lipinski definition) is 3. The Morgan fingerprint density at radius 3 is 2.59 bits per heavy atom. The number of carboxylic acids is 1. The second kappa shape index (κ2) is 7.27. The molecule has 0 heterocycles. The molecule has 0 aliphatic heterocycles. The molecule has 0 spiro atoms. The highest BCUT2D eigenvalue weighted by molar-refractivity contribution is 5.76. The number of rotatable bonds is 9. The molecule has 0 aromatic rings. The topological polar surface area (TPSA) is 92.4 Å². The largest absolute Gasteiger partial charge is 0.481 e. The minimum Gasteiger partial charge on any atom is -0.481 e. The first kappa shape index (κ1) is 14.0. The van der Waals surface area contributed by atoms with Crippen LogP contribution < -0.4 is 11.1 Å². The lowest BCUT2D eigenvalue weighted by molar-refractivity contribution is -0.137. The molecule has 1 amide bonds. The minimum absolute atomic E-state index is 0.0158. The van der Waals surface area contributed by atoms with Crippen molar-refractivity contribution in [2.24, 2.45) is 11.7 Å². The van der Waals surface area contributed by atoms with E-state index >= 15 is 0 Å². The second-order valence-corrected chi connectivity index (χ2v) is 4.76. The van der Waals surface area contributed by atoms with Gasteiger partial charge in [-0.1, -0.05) is 6.42 Å². The fourth-order valence-electron chi connectivity index (χ4n) is 1.78. The van der Waals surface area contributed by atoms with Crippen molar-refractivity contribution in [3.8, 4) is 0 Å². The standard InChI is InChI=1S/C12H22N2O3/c13-10(9-5-6-9)8-11(15)14-7-3-1-2-4-12(16)17/h9-10H,1-8,13H2,(H,14,15)(H,16,17). The summed E-state index contributed by atoms with van der Waals surface area (Å²) in [4.78, 5) is 21.7. The van der Waals surface area contributed by atoms with Crippen LogP contribution in [0.5, 0.6) is 0 Å². The van der Waals surface area contributed by atoms with Crippen LogP contribution in [0.1, 0.15) is 44.9 Å². The normalized spacial score (nSPS) is 16.5. The Balaban J connectivity index is 1.91. The van der Waals surface area contributed by atoms with Gasteiger partial charge in [0.05, 0.1) is 0 Å². The third-order valence-electron chi connectivity index (χ3n) is 3.04. The van der Waals surface area contributed by atoms with E-state index in [1.807, 2.05) is 0 Å². The highest BCUT2D eigenvalue weighted by Crippen LogP contribution is 2.32. The first-order valence-corrected chi connectivity index (χ1v) is 6.33. The van der Waals surface area contributed by atoms with Crippen molar-refractivity contribution < 1.29 is 14.7 Å². The van der Waals surface area contributed by atoms with E-state index in [0.717, 1.165) is 25.7 Å². The van der Waals surface area contributed by atoms with E-state index in [0.29, 0.717) is 25.3 Å². The van der Waals surface area contributed by atoms with Gasteiger partial charge in [-0.05, 0) is 31.6 Å². The van der Waals surface area contributed by atoms with Gasteiger partial charge in [0.2, 0.25) is 5.91 Å². The van der Waals surface area contributed by atoms with Crippen molar-refractivity contribution in [1.29, 1.82) is 0 Å². The SMILES string of the molecule is NC(CC(=O)NCCCCCC(=O)O)C1CC1. The molecule has 1 rings (SSSR count). The van der Waals surface area contributed by atoms with E-state index in [1.165, 1.54) is 0 Å². The Morgan fingerprint density at radius 1 is 1.29 bits per heavy atom. The Bertz CT molecular complexity index is 264. The molecule has 0 saturated heterocycles. The highest BCUT2D eigenvalue weighted by atomic mass is 16.4. The summed E-state index contributed by atoms with van der Waals surface area (Å²) >= 11 is 0. The summed E-state index contributed by atoms with van der Waals surface area (Å²) in [5.41, 5.74) is 5.84. The minimum atomic E-state index is -0.760. The summed E-state index contributed by atoms with van der Waals surface area (Å²) in [6.45, 7) is 0.621. The molecule has 1 unspecified atom stereocenters. The van der Waals surface area contributed by atoms with Gasteiger partial charge in [0, 0.05) is 25.4 Å². The quantitative estimate of drug-likeness (QED) is 0.523. The summed E-state index contributed by atoms with van der Waals surface area (Å²) in [7, 11) is 0. The Hall–Kier alpha value is -1.10. The third-order valence-corrected chi connectivity index (χ3v) is 3.04. The van der Waals surface area contributed by atoms with Crippen LogP contribution in [0.3, 0.4) is 0 Å². The number of unbranched alkanes of at least 4 members (excludes halogenated alkanes) is 2. The average molecular weight is 242 g/mol. The average Bonchev–Trinajstić information content (AvgIpc) is 3.06. The fourth-order valence-corrected chi connectivity index (χ4v) is 1.78. The molecular weight excluding hydrogens is 220 g/mol. The molecule has 0 bridgehead atoms. The Kier molecular flexibility index (Phi) is 5.97. The maximum Gasteiger partial charge on any atom is 0.303 e. The van der Waals surface area contributed by atoms with E-state index in [2.05, 4.69) is 5.32 Å².